The zero-order chi connectivity index (χ0) is 18.2. The van der Waals surface area contributed by atoms with Crippen LogP contribution in [-0.4, -0.2) is 18.4 Å². The van der Waals surface area contributed by atoms with Gasteiger partial charge in [-0.3, -0.25) is 9.59 Å². The topological polar surface area (TPSA) is 67.4 Å². The molecule has 2 rings (SSSR count). The van der Waals surface area contributed by atoms with E-state index in [-0.39, 0.29) is 17.7 Å². The zero-order valence-electron chi connectivity index (χ0n) is 14.8. The molecule has 0 bridgehead atoms. The third kappa shape index (κ3) is 5.35. The minimum Gasteiger partial charge on any atom is -0.493 e. The number of para-hydroxylation sites is 1. The molecule has 0 unspecified atom stereocenters. The van der Waals surface area contributed by atoms with Crippen LogP contribution in [0.3, 0.4) is 0 Å². The third-order valence-corrected chi connectivity index (χ3v) is 3.53. The molecule has 0 atom stereocenters. The number of hydrogen-bond donors (Lipinski definition) is 2. The van der Waals surface area contributed by atoms with Crippen LogP contribution in [0, 0.1) is 5.92 Å². The van der Waals surface area contributed by atoms with E-state index in [1.807, 2.05) is 26.8 Å². The Labute approximate surface area is 148 Å². The Bertz CT molecular complexity index is 724. The molecule has 0 heterocycles. The number of ether oxygens (including phenoxy) is 1. The quantitative estimate of drug-likeness (QED) is 0.788. The van der Waals surface area contributed by atoms with E-state index in [9.17, 15) is 9.59 Å². The highest BCUT2D eigenvalue weighted by molar-refractivity contribution is 6.06. The summed E-state index contributed by atoms with van der Waals surface area (Å²) in [7, 11) is 0. The summed E-state index contributed by atoms with van der Waals surface area (Å²) < 4.78 is 5.62. The molecule has 0 aromatic heterocycles. The molecule has 0 spiro atoms. The predicted molar refractivity (Wildman–Crippen MR) is 100 cm³/mol. The number of amides is 2. The average Bonchev–Trinajstić information content (AvgIpc) is 2.61. The van der Waals surface area contributed by atoms with Crippen molar-refractivity contribution in [2.75, 3.05) is 17.2 Å². The van der Waals surface area contributed by atoms with Gasteiger partial charge in [0.1, 0.15) is 5.75 Å². The van der Waals surface area contributed by atoms with E-state index in [4.69, 9.17) is 4.74 Å². The molecule has 5 nitrogen and oxygen atoms in total. The number of nitrogens with one attached hydrogen (secondary N) is 2. The second-order valence-corrected chi connectivity index (χ2v) is 6.02. The zero-order valence-corrected chi connectivity index (χ0v) is 14.8. The maximum atomic E-state index is 12.5. The van der Waals surface area contributed by atoms with Crippen LogP contribution in [0.15, 0.2) is 48.5 Å². The molecule has 2 aromatic rings. The predicted octanol–water partition coefficient (Wildman–Crippen LogP) is 4.32. The van der Waals surface area contributed by atoms with Crippen LogP contribution in [0.5, 0.6) is 5.75 Å². The highest BCUT2D eigenvalue weighted by atomic mass is 16.5. The van der Waals surface area contributed by atoms with E-state index in [0.717, 1.165) is 6.42 Å². The van der Waals surface area contributed by atoms with Gasteiger partial charge in [-0.2, -0.15) is 0 Å². The Morgan fingerprint density at radius 3 is 2.16 bits per heavy atom. The monoisotopic (exact) mass is 340 g/mol. The lowest BCUT2D eigenvalue weighted by Crippen LogP contribution is -2.17. The SMILES string of the molecule is CCCOc1ccccc1C(=O)Nc1ccc(NC(=O)C(C)C)cc1. The summed E-state index contributed by atoms with van der Waals surface area (Å²) in [5.41, 5.74) is 1.84. The molecule has 132 valence electrons. The van der Waals surface area contributed by atoms with Crippen LogP contribution in [0.1, 0.15) is 37.6 Å². The first kappa shape index (κ1) is 18.5. The highest BCUT2D eigenvalue weighted by Crippen LogP contribution is 2.21. The van der Waals surface area contributed by atoms with Crippen molar-refractivity contribution in [1.29, 1.82) is 0 Å². The van der Waals surface area contributed by atoms with Gasteiger partial charge in [0, 0.05) is 17.3 Å². The van der Waals surface area contributed by atoms with Crippen molar-refractivity contribution in [1.82, 2.24) is 0 Å². The number of carbonyl (C=O) groups is 2. The van der Waals surface area contributed by atoms with Gasteiger partial charge in [0.05, 0.1) is 12.2 Å². The Hall–Kier alpha value is -2.82. The molecule has 2 amide bonds. The van der Waals surface area contributed by atoms with E-state index >= 15 is 0 Å². The smallest absolute Gasteiger partial charge is 0.259 e. The Balaban J connectivity index is 2.05. The lowest BCUT2D eigenvalue weighted by Gasteiger charge is -2.12. The summed E-state index contributed by atoms with van der Waals surface area (Å²) in [5, 5.41) is 5.66. The largest absolute Gasteiger partial charge is 0.493 e. The average molecular weight is 340 g/mol. The molecule has 0 saturated heterocycles. The van der Waals surface area contributed by atoms with E-state index in [2.05, 4.69) is 10.6 Å². The van der Waals surface area contributed by atoms with Crippen molar-refractivity contribution < 1.29 is 14.3 Å². The van der Waals surface area contributed by atoms with Crippen LogP contribution in [-0.2, 0) is 4.79 Å². The van der Waals surface area contributed by atoms with Crippen LogP contribution in [0.25, 0.3) is 0 Å². The van der Waals surface area contributed by atoms with Crippen LogP contribution in [0.4, 0.5) is 11.4 Å². The van der Waals surface area contributed by atoms with Crippen LogP contribution in [0.2, 0.25) is 0 Å². The van der Waals surface area contributed by atoms with Crippen LogP contribution < -0.4 is 15.4 Å². The number of anilines is 2. The maximum absolute atomic E-state index is 12.5. The lowest BCUT2D eigenvalue weighted by molar-refractivity contribution is -0.118. The minimum atomic E-state index is -0.231. The van der Waals surface area contributed by atoms with E-state index < -0.39 is 0 Å². The Morgan fingerprint density at radius 1 is 0.960 bits per heavy atom. The van der Waals surface area contributed by atoms with E-state index in [1.54, 1.807) is 42.5 Å². The molecule has 2 N–H and O–H groups in total. The van der Waals surface area contributed by atoms with Gasteiger partial charge in [0.2, 0.25) is 5.91 Å². The molecule has 0 radical (unpaired) electrons. The van der Waals surface area contributed by atoms with E-state index in [1.165, 1.54) is 0 Å². The summed E-state index contributed by atoms with van der Waals surface area (Å²) in [6, 6.07) is 14.2. The second kappa shape index (κ2) is 8.87. The molecule has 0 aliphatic carbocycles. The Morgan fingerprint density at radius 2 is 1.56 bits per heavy atom. The molecular formula is C20H24N2O3. The fourth-order valence-corrected chi connectivity index (χ4v) is 2.11. The van der Waals surface area contributed by atoms with Crippen LogP contribution >= 0.6 is 0 Å². The standard InChI is InChI=1S/C20H24N2O3/c1-4-13-25-18-8-6-5-7-17(18)20(24)22-16-11-9-15(10-12-16)21-19(23)14(2)3/h5-12,14H,4,13H2,1-3H3,(H,21,23)(H,22,24). The summed E-state index contributed by atoms with van der Waals surface area (Å²) in [4.78, 5) is 24.2. The van der Waals surface area contributed by atoms with Crippen molar-refractivity contribution >= 4 is 23.2 Å². The van der Waals surface area contributed by atoms with Crippen molar-refractivity contribution in [2.45, 2.75) is 27.2 Å². The molecule has 5 heteroatoms. The summed E-state index contributed by atoms with van der Waals surface area (Å²) in [6.07, 6.45) is 0.875. The number of hydrogen-bond acceptors (Lipinski definition) is 3. The summed E-state index contributed by atoms with van der Waals surface area (Å²) in [6.45, 7) is 6.25. The molecule has 25 heavy (non-hydrogen) atoms. The normalized spacial score (nSPS) is 10.4. The fraction of sp³-hybridized carbons (Fsp3) is 0.300. The molecule has 0 aliphatic heterocycles. The number of benzene rings is 2. The van der Waals surface area contributed by atoms with Gasteiger partial charge < -0.3 is 15.4 Å². The van der Waals surface area contributed by atoms with Gasteiger partial charge in [-0.15, -0.1) is 0 Å². The van der Waals surface area contributed by atoms with Gasteiger partial charge in [0.25, 0.3) is 5.91 Å². The van der Waals surface area contributed by atoms with Crippen molar-refractivity contribution in [3.8, 4) is 5.75 Å². The lowest BCUT2D eigenvalue weighted by atomic mass is 10.1. The number of carbonyl (C=O) groups excluding carboxylic acids is 2. The minimum absolute atomic E-state index is 0.0428. The first-order chi connectivity index (χ1) is 12.0. The third-order valence-electron chi connectivity index (χ3n) is 3.53. The van der Waals surface area contributed by atoms with Crippen molar-refractivity contribution in [3.05, 3.63) is 54.1 Å². The molecule has 0 saturated carbocycles. The van der Waals surface area contributed by atoms with E-state index in [0.29, 0.717) is 29.3 Å². The maximum Gasteiger partial charge on any atom is 0.259 e. The van der Waals surface area contributed by atoms with Gasteiger partial charge in [-0.05, 0) is 42.8 Å². The summed E-state index contributed by atoms with van der Waals surface area (Å²) >= 11 is 0. The van der Waals surface area contributed by atoms with Gasteiger partial charge in [-0.1, -0.05) is 32.9 Å². The van der Waals surface area contributed by atoms with Gasteiger partial charge in [-0.25, -0.2) is 0 Å². The molecule has 2 aromatic carbocycles. The first-order valence-corrected chi connectivity index (χ1v) is 8.45. The fourth-order valence-electron chi connectivity index (χ4n) is 2.11. The molecule has 0 aliphatic rings. The first-order valence-electron chi connectivity index (χ1n) is 8.45. The molecule has 0 fully saturated rings. The van der Waals surface area contributed by atoms with Crippen molar-refractivity contribution in [2.24, 2.45) is 5.92 Å². The van der Waals surface area contributed by atoms with Gasteiger partial charge >= 0.3 is 0 Å². The highest BCUT2D eigenvalue weighted by Gasteiger charge is 2.12. The summed E-state index contributed by atoms with van der Waals surface area (Å²) in [5.74, 6) is 0.214. The molecular weight excluding hydrogens is 316 g/mol. The van der Waals surface area contributed by atoms with Gasteiger partial charge in [0.15, 0.2) is 0 Å². The number of rotatable bonds is 7. The second-order valence-electron chi connectivity index (χ2n) is 6.02. The Kier molecular flexibility index (Phi) is 6.57. The van der Waals surface area contributed by atoms with Crippen molar-refractivity contribution in [3.63, 3.8) is 0 Å².